The Kier molecular flexibility index (Phi) is 9.64. The topological polar surface area (TPSA) is 65.1 Å². The predicted octanol–water partition coefficient (Wildman–Crippen LogP) is 7.97. The Morgan fingerprint density at radius 2 is 1.59 bits per heavy atom. The van der Waals surface area contributed by atoms with Crippen LogP contribution in [0, 0.1) is 0 Å². The van der Waals surface area contributed by atoms with Gasteiger partial charge in [0, 0.05) is 10.0 Å². The summed E-state index contributed by atoms with van der Waals surface area (Å²) in [6.07, 6.45) is 1.67. The number of hydrogen-bond acceptors (Lipinski definition) is 6. The summed E-state index contributed by atoms with van der Waals surface area (Å²) in [5.74, 6) is 1.48. The van der Waals surface area contributed by atoms with Crippen molar-refractivity contribution in [1.29, 1.82) is 0 Å². The van der Waals surface area contributed by atoms with Crippen LogP contribution in [0.1, 0.15) is 31.9 Å². The van der Waals surface area contributed by atoms with Crippen LogP contribution in [0.25, 0.3) is 6.08 Å². The highest BCUT2D eigenvalue weighted by Gasteiger charge is 2.35. The molecule has 204 valence electrons. The van der Waals surface area contributed by atoms with E-state index >= 15 is 0 Å². The number of amides is 2. The van der Waals surface area contributed by atoms with Gasteiger partial charge >= 0.3 is 0 Å². The van der Waals surface area contributed by atoms with Crippen LogP contribution in [0.4, 0.5) is 4.79 Å². The molecule has 6 nitrogen and oxygen atoms in total. The van der Waals surface area contributed by atoms with E-state index in [4.69, 9.17) is 25.8 Å². The van der Waals surface area contributed by atoms with E-state index in [2.05, 4.69) is 48.8 Å². The van der Waals surface area contributed by atoms with Gasteiger partial charge in [0.05, 0.1) is 16.5 Å². The molecule has 0 aromatic heterocycles. The first-order valence-electron chi connectivity index (χ1n) is 12.4. The number of ether oxygens (including phenoxy) is 3. The van der Waals surface area contributed by atoms with E-state index in [1.54, 1.807) is 30.3 Å². The molecule has 2 amide bonds. The predicted molar refractivity (Wildman–Crippen MR) is 160 cm³/mol. The number of carbonyl (C=O) groups is 2. The zero-order valence-electron chi connectivity index (χ0n) is 21.9. The van der Waals surface area contributed by atoms with Crippen LogP contribution in [0.15, 0.2) is 76.1 Å². The number of carbonyl (C=O) groups excluding carboxylic acids is 2. The van der Waals surface area contributed by atoms with Crippen molar-refractivity contribution in [2.24, 2.45) is 0 Å². The van der Waals surface area contributed by atoms with Crippen molar-refractivity contribution in [2.45, 2.75) is 26.2 Å². The summed E-state index contributed by atoms with van der Waals surface area (Å²) < 4.78 is 18.3. The highest BCUT2D eigenvalue weighted by molar-refractivity contribution is 9.10. The fourth-order valence-electron chi connectivity index (χ4n) is 3.76. The number of para-hydroxylation sites is 1. The summed E-state index contributed by atoms with van der Waals surface area (Å²) in [6.45, 7) is 7.42. The van der Waals surface area contributed by atoms with E-state index in [0.717, 1.165) is 22.0 Å². The van der Waals surface area contributed by atoms with Crippen molar-refractivity contribution in [3.63, 3.8) is 0 Å². The molecule has 9 heteroatoms. The third-order valence-electron chi connectivity index (χ3n) is 5.87. The highest BCUT2D eigenvalue weighted by Crippen LogP contribution is 2.35. The molecule has 1 aliphatic heterocycles. The van der Waals surface area contributed by atoms with Crippen LogP contribution in [0.5, 0.6) is 17.2 Å². The van der Waals surface area contributed by atoms with Gasteiger partial charge in [-0.1, -0.05) is 78.6 Å². The lowest BCUT2D eigenvalue weighted by Crippen LogP contribution is -2.32. The number of thioether (sulfide) groups is 1. The van der Waals surface area contributed by atoms with Crippen molar-refractivity contribution >= 4 is 56.5 Å². The van der Waals surface area contributed by atoms with Crippen LogP contribution in [0.2, 0.25) is 5.02 Å². The summed E-state index contributed by atoms with van der Waals surface area (Å²) in [5, 5.41) is 0.123. The lowest BCUT2D eigenvalue weighted by atomic mass is 9.87. The number of halogens is 2. The van der Waals surface area contributed by atoms with E-state index in [-0.39, 0.29) is 29.7 Å². The van der Waals surface area contributed by atoms with E-state index < -0.39 is 0 Å². The van der Waals surface area contributed by atoms with Crippen LogP contribution < -0.4 is 14.2 Å². The molecule has 4 rings (SSSR count). The first-order chi connectivity index (χ1) is 18.6. The third kappa shape index (κ3) is 7.81. The van der Waals surface area contributed by atoms with Gasteiger partial charge in [0.1, 0.15) is 37.1 Å². The Morgan fingerprint density at radius 3 is 2.31 bits per heavy atom. The lowest BCUT2D eigenvalue weighted by molar-refractivity contribution is -0.123. The van der Waals surface area contributed by atoms with E-state index in [0.29, 0.717) is 40.2 Å². The smallest absolute Gasteiger partial charge is 0.293 e. The maximum Gasteiger partial charge on any atom is 0.293 e. The van der Waals surface area contributed by atoms with Crippen molar-refractivity contribution in [2.75, 3.05) is 26.4 Å². The second-order valence-corrected chi connectivity index (χ2v) is 12.1. The van der Waals surface area contributed by atoms with Gasteiger partial charge in [0.15, 0.2) is 0 Å². The zero-order valence-corrected chi connectivity index (χ0v) is 25.1. The minimum absolute atomic E-state index is 0.0815. The summed E-state index contributed by atoms with van der Waals surface area (Å²) in [7, 11) is 0. The van der Waals surface area contributed by atoms with Crippen molar-refractivity contribution in [3.8, 4) is 17.2 Å². The molecule has 0 saturated carbocycles. The van der Waals surface area contributed by atoms with Crippen LogP contribution in [0.3, 0.4) is 0 Å². The normalized spacial score (nSPS) is 14.7. The second-order valence-electron chi connectivity index (χ2n) is 9.77. The Balaban J connectivity index is 1.35. The molecule has 3 aromatic carbocycles. The molecule has 0 bridgehead atoms. The van der Waals surface area contributed by atoms with Gasteiger partial charge in [-0.2, -0.15) is 0 Å². The average Bonchev–Trinajstić information content (AvgIpc) is 3.16. The molecule has 1 aliphatic rings. The molecule has 3 aromatic rings. The van der Waals surface area contributed by atoms with Crippen LogP contribution >= 0.6 is 39.3 Å². The van der Waals surface area contributed by atoms with Gasteiger partial charge in [-0.05, 0) is 65.2 Å². The number of imide groups is 1. The van der Waals surface area contributed by atoms with Gasteiger partial charge in [0.25, 0.3) is 11.1 Å². The molecule has 1 fully saturated rings. The molecule has 0 aliphatic carbocycles. The van der Waals surface area contributed by atoms with Gasteiger partial charge in [-0.15, -0.1) is 0 Å². The summed E-state index contributed by atoms with van der Waals surface area (Å²) in [5.41, 5.74) is 2.01. The number of nitrogens with zero attached hydrogens (tertiary/aromatic N) is 1. The van der Waals surface area contributed by atoms with E-state index in [9.17, 15) is 9.59 Å². The molecule has 0 atom stereocenters. The van der Waals surface area contributed by atoms with Gasteiger partial charge < -0.3 is 14.2 Å². The molecule has 0 N–H and O–H groups in total. The zero-order chi connectivity index (χ0) is 28.0. The maximum absolute atomic E-state index is 13.0. The fraction of sp³-hybridized carbons (Fsp3) is 0.267. The minimum Gasteiger partial charge on any atom is -0.490 e. The quantitative estimate of drug-likeness (QED) is 0.167. The monoisotopic (exact) mass is 629 g/mol. The largest absolute Gasteiger partial charge is 0.490 e. The van der Waals surface area contributed by atoms with Gasteiger partial charge in [-0.25, -0.2) is 0 Å². The summed E-state index contributed by atoms with van der Waals surface area (Å²) in [6, 6.07) is 20.6. The summed E-state index contributed by atoms with van der Waals surface area (Å²) >= 11 is 10.5. The molecule has 1 heterocycles. The Labute approximate surface area is 246 Å². The van der Waals surface area contributed by atoms with Crippen molar-refractivity contribution in [3.05, 3.63) is 92.3 Å². The Hall–Kier alpha value is -2.94. The molecule has 1 saturated heterocycles. The molecule has 39 heavy (non-hydrogen) atoms. The summed E-state index contributed by atoms with van der Waals surface area (Å²) in [4.78, 5) is 27.0. The lowest BCUT2D eigenvalue weighted by Gasteiger charge is -2.19. The number of rotatable bonds is 10. The van der Waals surface area contributed by atoms with Gasteiger partial charge in [0.2, 0.25) is 0 Å². The minimum atomic E-state index is -0.372. The fourth-order valence-corrected chi connectivity index (χ4v) is 5.14. The standard InChI is InChI=1S/C30H29BrClNO5S/c1-30(2,3)21-9-12-23(13-10-21)36-16-17-38-26-19-22(31)11-8-20(26)18-27-28(34)33(29(35)39-27)14-15-37-25-7-5-4-6-24(25)32/h4-13,18-19H,14-17H2,1-3H3/b27-18-. The van der Waals surface area contributed by atoms with Crippen molar-refractivity contribution < 1.29 is 23.8 Å². The first-order valence-corrected chi connectivity index (χ1v) is 14.4. The molecule has 0 radical (unpaired) electrons. The number of benzene rings is 3. The second kappa shape index (κ2) is 12.9. The molecular formula is C30H29BrClNO5S. The first kappa shape index (κ1) is 29.1. The van der Waals surface area contributed by atoms with Crippen molar-refractivity contribution in [1.82, 2.24) is 4.90 Å². The van der Waals surface area contributed by atoms with Crippen LogP contribution in [-0.2, 0) is 10.2 Å². The van der Waals surface area contributed by atoms with Crippen LogP contribution in [-0.4, -0.2) is 42.4 Å². The number of hydrogen-bond donors (Lipinski definition) is 0. The van der Waals surface area contributed by atoms with E-state index in [1.807, 2.05) is 30.3 Å². The third-order valence-corrected chi connectivity index (χ3v) is 7.59. The molecular weight excluding hydrogens is 602 g/mol. The Bertz CT molecular complexity index is 1370. The highest BCUT2D eigenvalue weighted by atomic mass is 79.9. The SMILES string of the molecule is CC(C)(C)c1ccc(OCCOc2cc(Br)ccc2/C=C2\SC(=O)N(CCOc3ccccc3Cl)C2=O)cc1. The molecule has 0 spiro atoms. The maximum atomic E-state index is 13.0. The Morgan fingerprint density at radius 1 is 0.897 bits per heavy atom. The van der Waals surface area contributed by atoms with Gasteiger partial charge in [-0.3, -0.25) is 14.5 Å². The average molecular weight is 631 g/mol. The molecule has 0 unspecified atom stereocenters. The van der Waals surface area contributed by atoms with E-state index in [1.165, 1.54) is 10.5 Å².